The number of ether oxygens (including phenoxy) is 1. The van der Waals surface area contributed by atoms with Crippen LogP contribution in [0.1, 0.15) is 32.4 Å². The number of hydrazone groups is 2. The van der Waals surface area contributed by atoms with Crippen molar-refractivity contribution >= 4 is 40.7 Å². The van der Waals surface area contributed by atoms with Crippen molar-refractivity contribution in [1.82, 2.24) is 20.8 Å². The van der Waals surface area contributed by atoms with Crippen LogP contribution in [0, 0.1) is 5.41 Å². The maximum absolute atomic E-state index is 12.5. The molecule has 1 aromatic carbocycles. The van der Waals surface area contributed by atoms with Crippen molar-refractivity contribution in [3.63, 3.8) is 0 Å². The Balaban J connectivity index is 1.66. The van der Waals surface area contributed by atoms with Crippen LogP contribution in [-0.4, -0.2) is 39.1 Å². The summed E-state index contributed by atoms with van der Waals surface area (Å²) in [4.78, 5) is 32.6. The predicted octanol–water partition coefficient (Wildman–Crippen LogP) is 2.75. The van der Waals surface area contributed by atoms with Gasteiger partial charge < -0.3 is 4.74 Å². The van der Waals surface area contributed by atoms with Crippen LogP contribution < -0.4 is 10.9 Å². The molecule has 0 unspecified atom stereocenters. The minimum absolute atomic E-state index is 0.0580. The highest BCUT2D eigenvalue weighted by molar-refractivity contribution is 6.69. The van der Waals surface area contributed by atoms with E-state index in [4.69, 9.17) is 21.7 Å². The topological polar surface area (TPSA) is 142 Å². The van der Waals surface area contributed by atoms with Crippen molar-refractivity contribution in [2.45, 2.75) is 6.10 Å². The van der Waals surface area contributed by atoms with Gasteiger partial charge in [0.25, 0.3) is 11.8 Å². The summed E-state index contributed by atoms with van der Waals surface area (Å²) in [5.74, 6) is -1.35. The smallest absolute Gasteiger partial charge is 0.271 e. The van der Waals surface area contributed by atoms with Crippen molar-refractivity contribution in [2.75, 3.05) is 0 Å². The third-order valence-electron chi connectivity index (χ3n) is 4.56. The molecule has 3 heterocycles. The van der Waals surface area contributed by atoms with Gasteiger partial charge in [-0.05, 0) is 30.3 Å². The van der Waals surface area contributed by atoms with Crippen molar-refractivity contribution in [3.8, 4) is 0 Å². The number of halogens is 1. The molecule has 33 heavy (non-hydrogen) atoms. The van der Waals surface area contributed by atoms with E-state index in [9.17, 15) is 9.59 Å². The molecule has 1 aliphatic rings. The first-order chi connectivity index (χ1) is 16.0. The zero-order chi connectivity index (χ0) is 23.2. The summed E-state index contributed by atoms with van der Waals surface area (Å²) < 4.78 is 5.64. The Morgan fingerprint density at radius 2 is 1.42 bits per heavy atom. The van der Waals surface area contributed by atoms with Crippen molar-refractivity contribution in [3.05, 3.63) is 95.0 Å². The van der Waals surface area contributed by atoms with E-state index < -0.39 is 17.9 Å². The molecule has 0 spiro atoms. The van der Waals surface area contributed by atoms with E-state index in [-0.39, 0.29) is 17.3 Å². The van der Waals surface area contributed by atoms with Gasteiger partial charge in [-0.15, -0.1) is 0 Å². The molecule has 164 valence electrons. The zero-order valence-corrected chi connectivity index (χ0v) is 17.7. The molecule has 1 aliphatic heterocycles. The highest BCUT2D eigenvalue weighted by Gasteiger charge is 2.38. The second kappa shape index (κ2) is 9.79. The number of nitrogens with one attached hydrogen (secondary N) is 3. The normalized spacial score (nSPS) is 17.6. The first-order valence-corrected chi connectivity index (χ1v) is 9.98. The number of rotatable bonds is 5. The van der Waals surface area contributed by atoms with Gasteiger partial charge in [-0.1, -0.05) is 29.8 Å². The number of hydrogen-bond donors (Lipinski definition) is 3. The molecule has 1 saturated heterocycles. The van der Waals surface area contributed by atoms with Gasteiger partial charge >= 0.3 is 0 Å². The summed E-state index contributed by atoms with van der Waals surface area (Å²) >= 11 is 6.32. The van der Waals surface area contributed by atoms with Gasteiger partial charge in [0, 0.05) is 46.5 Å². The number of amides is 2. The first-order valence-electron chi connectivity index (χ1n) is 9.61. The summed E-state index contributed by atoms with van der Waals surface area (Å²) in [7, 11) is 0. The first kappa shape index (κ1) is 21.8. The lowest BCUT2D eigenvalue weighted by molar-refractivity contribution is 0.0946. The number of benzene rings is 1. The molecular formula is C22H16ClN7O3. The van der Waals surface area contributed by atoms with Crippen LogP contribution >= 0.6 is 11.6 Å². The Hall–Kier alpha value is -4.44. The maximum Gasteiger partial charge on any atom is 0.271 e. The molecule has 0 radical (unpaired) electrons. The van der Waals surface area contributed by atoms with Gasteiger partial charge in [-0.25, -0.2) is 10.9 Å². The van der Waals surface area contributed by atoms with Crippen LogP contribution in [0.2, 0.25) is 5.02 Å². The number of hydrogen-bond acceptors (Lipinski definition) is 8. The van der Waals surface area contributed by atoms with Gasteiger partial charge in [0.15, 0.2) is 11.8 Å². The van der Waals surface area contributed by atoms with E-state index in [2.05, 4.69) is 31.0 Å². The van der Waals surface area contributed by atoms with Gasteiger partial charge in [0.2, 0.25) is 5.90 Å². The van der Waals surface area contributed by atoms with Crippen molar-refractivity contribution in [1.29, 1.82) is 5.41 Å². The third-order valence-corrected chi connectivity index (χ3v) is 4.91. The third kappa shape index (κ3) is 4.91. The Morgan fingerprint density at radius 3 is 2.00 bits per heavy atom. The van der Waals surface area contributed by atoms with Crippen LogP contribution in [0.5, 0.6) is 0 Å². The summed E-state index contributed by atoms with van der Waals surface area (Å²) in [6.07, 6.45) is 4.98. The van der Waals surface area contributed by atoms with E-state index in [1.54, 1.807) is 24.3 Å². The summed E-state index contributed by atoms with van der Waals surface area (Å²) in [5, 5.41) is 16.8. The molecule has 0 saturated carbocycles. The highest BCUT2D eigenvalue weighted by atomic mass is 35.5. The largest absolute Gasteiger partial charge is 0.461 e. The standard InChI is InChI=1S/C22H16ClN7O3/c23-16-4-2-1-3-15(16)19-17(27-29-21(31)13-5-9-25-10-6-13)18(20(24)33-19)28-30-22(32)14-7-11-26-12-8-14/h1-12,19,24H,(H,29,31)(H,30,32)/b24-20?,27-17+,28-18+/t19-/m1/s1. The van der Waals surface area contributed by atoms with Crippen LogP contribution in [-0.2, 0) is 4.74 Å². The molecule has 4 rings (SSSR count). The Kier molecular flexibility index (Phi) is 6.46. The Labute approximate surface area is 192 Å². The molecule has 0 aliphatic carbocycles. The lowest BCUT2D eigenvalue weighted by Crippen LogP contribution is -2.28. The molecule has 2 amide bonds. The van der Waals surface area contributed by atoms with Gasteiger partial charge in [-0.2, -0.15) is 10.2 Å². The summed E-state index contributed by atoms with van der Waals surface area (Å²) in [6.45, 7) is 0. The maximum atomic E-state index is 12.5. The Morgan fingerprint density at radius 1 is 0.879 bits per heavy atom. The molecule has 2 aromatic heterocycles. The zero-order valence-electron chi connectivity index (χ0n) is 16.9. The summed E-state index contributed by atoms with van der Waals surface area (Å²) in [5.41, 5.74) is 6.03. The second-order valence-corrected chi connectivity index (χ2v) is 7.07. The number of carbonyl (C=O) groups is 2. The molecular weight excluding hydrogens is 446 g/mol. The SMILES string of the molecule is N=C1O[C@H](c2ccccc2Cl)C(=N/NC(=O)c2ccncc2)/C1=N\NC(=O)c1ccncc1. The molecule has 11 heteroatoms. The number of carbonyl (C=O) groups excluding carboxylic acids is 2. The monoisotopic (exact) mass is 461 g/mol. The quantitative estimate of drug-likeness (QED) is 0.501. The van der Waals surface area contributed by atoms with E-state index in [1.807, 2.05) is 0 Å². The fourth-order valence-electron chi connectivity index (χ4n) is 2.94. The molecule has 1 atom stereocenters. The number of nitrogens with zero attached hydrogens (tertiary/aromatic N) is 4. The molecule has 3 N–H and O–H groups in total. The van der Waals surface area contributed by atoms with Gasteiger partial charge in [0.05, 0.1) is 0 Å². The fourth-order valence-corrected chi connectivity index (χ4v) is 3.18. The molecule has 3 aromatic rings. The van der Waals surface area contributed by atoms with E-state index in [1.165, 1.54) is 49.1 Å². The van der Waals surface area contributed by atoms with Crippen molar-refractivity contribution < 1.29 is 14.3 Å². The van der Waals surface area contributed by atoms with E-state index in [0.717, 1.165) is 0 Å². The van der Waals surface area contributed by atoms with Crippen molar-refractivity contribution in [2.24, 2.45) is 10.2 Å². The van der Waals surface area contributed by atoms with Gasteiger partial charge in [0.1, 0.15) is 5.71 Å². The minimum atomic E-state index is -0.916. The minimum Gasteiger partial charge on any atom is -0.461 e. The van der Waals surface area contributed by atoms with Crippen LogP contribution in [0.15, 0.2) is 83.5 Å². The van der Waals surface area contributed by atoms with E-state index in [0.29, 0.717) is 21.7 Å². The molecule has 10 nitrogen and oxygen atoms in total. The average Bonchev–Trinajstić information content (AvgIpc) is 3.17. The van der Waals surface area contributed by atoms with Gasteiger partial charge in [-0.3, -0.25) is 25.0 Å². The van der Waals surface area contributed by atoms with E-state index >= 15 is 0 Å². The molecule has 0 bridgehead atoms. The highest BCUT2D eigenvalue weighted by Crippen LogP contribution is 2.31. The molecule has 1 fully saturated rings. The van der Waals surface area contributed by atoms with Crippen LogP contribution in [0.4, 0.5) is 0 Å². The van der Waals surface area contributed by atoms with Crippen LogP contribution in [0.25, 0.3) is 0 Å². The predicted molar refractivity (Wildman–Crippen MR) is 121 cm³/mol. The Bertz CT molecular complexity index is 1260. The fraction of sp³-hybridized carbons (Fsp3) is 0.0455. The second-order valence-electron chi connectivity index (χ2n) is 6.66. The lowest BCUT2D eigenvalue weighted by Gasteiger charge is -2.12. The number of aromatic nitrogens is 2. The summed E-state index contributed by atoms with van der Waals surface area (Å²) in [6, 6.07) is 13.0. The van der Waals surface area contributed by atoms with Crippen LogP contribution in [0.3, 0.4) is 0 Å². The average molecular weight is 462 g/mol. The number of pyridine rings is 2. The lowest BCUT2D eigenvalue weighted by atomic mass is 10.0.